The fourth-order valence-corrected chi connectivity index (χ4v) is 2.66. The average Bonchev–Trinajstić information content (AvgIpc) is 2.52. The summed E-state index contributed by atoms with van der Waals surface area (Å²) >= 11 is 0. The molecule has 2 aromatic carbocycles. The molecule has 0 fully saturated rings. The normalized spacial score (nSPS) is 11.7. The highest BCUT2D eigenvalue weighted by Gasteiger charge is 2.11. The lowest BCUT2D eigenvalue weighted by atomic mass is 9.98. The summed E-state index contributed by atoms with van der Waals surface area (Å²) in [5.74, 6) is 0.957. The van der Waals surface area contributed by atoms with Gasteiger partial charge in [-0.15, -0.1) is 12.4 Å². The van der Waals surface area contributed by atoms with Gasteiger partial charge < -0.3 is 16.2 Å². The topological polar surface area (TPSA) is 61.3 Å². The van der Waals surface area contributed by atoms with E-state index < -0.39 is 0 Å². The molecule has 0 saturated carbocycles. The molecule has 23 heavy (non-hydrogen) atoms. The van der Waals surface area contributed by atoms with Crippen LogP contribution < -0.4 is 16.2 Å². The molecule has 0 spiro atoms. The molecule has 0 aromatic heterocycles. The smallest absolute Gasteiger partial charge is 0.125 e. The number of hydrogen-bond acceptors (Lipinski definition) is 3. The van der Waals surface area contributed by atoms with Gasteiger partial charge in [0, 0.05) is 6.04 Å². The van der Waals surface area contributed by atoms with Crippen LogP contribution in [0.3, 0.4) is 0 Å². The lowest BCUT2D eigenvalue weighted by Crippen LogP contribution is -2.13. The van der Waals surface area contributed by atoms with Crippen molar-refractivity contribution in [2.75, 3.05) is 6.54 Å². The van der Waals surface area contributed by atoms with E-state index in [0.717, 1.165) is 35.3 Å². The Morgan fingerprint density at radius 1 is 1.04 bits per heavy atom. The zero-order valence-corrected chi connectivity index (χ0v) is 14.7. The van der Waals surface area contributed by atoms with Gasteiger partial charge in [-0.05, 0) is 55.5 Å². The van der Waals surface area contributed by atoms with E-state index in [9.17, 15) is 0 Å². The number of nitrogens with two attached hydrogens (primary N) is 2. The minimum Gasteiger partial charge on any atom is -0.488 e. The Bertz CT molecular complexity index is 579. The molecule has 0 aliphatic carbocycles. The van der Waals surface area contributed by atoms with E-state index in [-0.39, 0.29) is 18.4 Å². The van der Waals surface area contributed by atoms with E-state index in [0.29, 0.717) is 13.2 Å². The van der Waals surface area contributed by atoms with E-state index in [1.54, 1.807) is 0 Å². The molecule has 4 N–H and O–H groups in total. The highest BCUT2D eigenvalue weighted by molar-refractivity contribution is 5.85. The monoisotopic (exact) mass is 334 g/mol. The fraction of sp³-hybridized carbons (Fsp3) is 0.368. The first-order valence-electron chi connectivity index (χ1n) is 7.85. The molecule has 3 nitrogen and oxygen atoms in total. The molecular formula is C19H27ClN2O. The predicted molar refractivity (Wildman–Crippen MR) is 99.2 cm³/mol. The van der Waals surface area contributed by atoms with Gasteiger partial charge in [0.1, 0.15) is 12.4 Å². The van der Waals surface area contributed by atoms with Crippen LogP contribution in [0.5, 0.6) is 5.75 Å². The summed E-state index contributed by atoms with van der Waals surface area (Å²) in [5, 5.41) is 0. The Balaban J connectivity index is 0.00000264. The minimum absolute atomic E-state index is 0. The second-order valence-electron chi connectivity index (χ2n) is 5.80. The first-order chi connectivity index (χ1) is 10.6. The van der Waals surface area contributed by atoms with Crippen LogP contribution in [0.15, 0.2) is 42.5 Å². The van der Waals surface area contributed by atoms with Crippen molar-refractivity contribution in [1.82, 2.24) is 0 Å². The zero-order valence-electron chi connectivity index (χ0n) is 13.9. The van der Waals surface area contributed by atoms with Crippen molar-refractivity contribution in [3.05, 3.63) is 64.7 Å². The van der Waals surface area contributed by atoms with Crippen LogP contribution in [0.25, 0.3) is 0 Å². The van der Waals surface area contributed by atoms with Gasteiger partial charge in [-0.3, -0.25) is 0 Å². The molecule has 1 atom stereocenters. The highest BCUT2D eigenvalue weighted by Crippen LogP contribution is 2.28. The van der Waals surface area contributed by atoms with Crippen LogP contribution in [0.1, 0.15) is 41.1 Å². The maximum absolute atomic E-state index is 6.24. The van der Waals surface area contributed by atoms with Crippen LogP contribution >= 0.6 is 12.4 Å². The van der Waals surface area contributed by atoms with E-state index in [4.69, 9.17) is 16.2 Å². The van der Waals surface area contributed by atoms with Crippen molar-refractivity contribution < 1.29 is 4.74 Å². The molecule has 0 amide bonds. The Morgan fingerprint density at radius 2 is 1.65 bits per heavy atom. The summed E-state index contributed by atoms with van der Waals surface area (Å²) in [5.41, 5.74) is 16.4. The summed E-state index contributed by atoms with van der Waals surface area (Å²) in [6, 6.07) is 14.5. The van der Waals surface area contributed by atoms with Crippen LogP contribution in [-0.2, 0) is 6.61 Å². The molecule has 0 bridgehead atoms. The van der Waals surface area contributed by atoms with Crippen LogP contribution in [0.2, 0.25) is 0 Å². The molecule has 0 unspecified atom stereocenters. The van der Waals surface area contributed by atoms with Gasteiger partial charge in [0.25, 0.3) is 0 Å². The van der Waals surface area contributed by atoms with E-state index in [1.165, 1.54) is 5.56 Å². The molecule has 4 heteroatoms. The van der Waals surface area contributed by atoms with Crippen molar-refractivity contribution in [2.45, 2.75) is 39.3 Å². The van der Waals surface area contributed by atoms with Gasteiger partial charge in [0.2, 0.25) is 0 Å². The van der Waals surface area contributed by atoms with Gasteiger partial charge in [0.05, 0.1) is 0 Å². The number of ether oxygens (including phenoxy) is 1. The fourth-order valence-electron chi connectivity index (χ4n) is 2.66. The largest absolute Gasteiger partial charge is 0.488 e. The van der Waals surface area contributed by atoms with E-state index in [1.807, 2.05) is 18.2 Å². The summed E-state index contributed by atoms with van der Waals surface area (Å²) in [6.07, 6.45) is 1.87. The minimum atomic E-state index is 0. The summed E-state index contributed by atoms with van der Waals surface area (Å²) in [7, 11) is 0. The lowest BCUT2D eigenvalue weighted by molar-refractivity contribution is 0.302. The number of benzene rings is 2. The van der Waals surface area contributed by atoms with Gasteiger partial charge in [0.15, 0.2) is 0 Å². The van der Waals surface area contributed by atoms with Crippen LogP contribution in [-0.4, -0.2) is 6.54 Å². The van der Waals surface area contributed by atoms with Gasteiger partial charge in [-0.25, -0.2) is 0 Å². The SMILES string of the molecule is Cc1cc([C@H](N)CCCN)cc(C)c1OCc1ccccc1.Cl. The standard InChI is InChI=1S/C19H26N2O.ClH/c1-14-11-17(18(21)9-6-10-20)12-15(2)19(14)22-13-16-7-4-3-5-8-16;/h3-5,7-8,11-12,18H,6,9-10,13,20-21H2,1-2H3;1H/t18-;/m1./s1. The molecular weight excluding hydrogens is 308 g/mol. The summed E-state index contributed by atoms with van der Waals surface area (Å²) in [6.45, 7) is 5.42. The van der Waals surface area contributed by atoms with Crippen molar-refractivity contribution in [2.24, 2.45) is 11.5 Å². The van der Waals surface area contributed by atoms with Gasteiger partial charge >= 0.3 is 0 Å². The quantitative estimate of drug-likeness (QED) is 0.803. The Hall–Kier alpha value is -1.55. The van der Waals surface area contributed by atoms with E-state index >= 15 is 0 Å². The molecule has 0 heterocycles. The number of halogens is 1. The molecule has 0 radical (unpaired) electrons. The molecule has 0 aliphatic heterocycles. The third kappa shape index (κ3) is 5.54. The first kappa shape index (κ1) is 19.5. The maximum Gasteiger partial charge on any atom is 0.125 e. The lowest BCUT2D eigenvalue weighted by Gasteiger charge is -2.17. The van der Waals surface area contributed by atoms with Crippen molar-refractivity contribution in [3.8, 4) is 5.75 Å². The predicted octanol–water partition coefficient (Wildman–Crippen LogP) is 4.04. The van der Waals surface area contributed by atoms with Crippen molar-refractivity contribution >= 4 is 12.4 Å². The van der Waals surface area contributed by atoms with Crippen molar-refractivity contribution in [1.29, 1.82) is 0 Å². The second kappa shape index (κ2) is 9.56. The molecule has 2 rings (SSSR count). The Morgan fingerprint density at radius 3 is 2.22 bits per heavy atom. The average molecular weight is 335 g/mol. The molecule has 2 aromatic rings. The number of hydrogen-bond donors (Lipinski definition) is 2. The second-order valence-corrected chi connectivity index (χ2v) is 5.80. The van der Waals surface area contributed by atoms with E-state index in [2.05, 4.69) is 38.1 Å². The molecule has 126 valence electrons. The summed E-state index contributed by atoms with van der Waals surface area (Å²) in [4.78, 5) is 0. The highest BCUT2D eigenvalue weighted by atomic mass is 35.5. The molecule has 0 aliphatic rings. The third-order valence-electron chi connectivity index (χ3n) is 3.86. The van der Waals surface area contributed by atoms with Crippen LogP contribution in [0.4, 0.5) is 0 Å². The Kier molecular flexibility index (Phi) is 8.10. The zero-order chi connectivity index (χ0) is 15.9. The number of aryl methyl sites for hydroxylation is 2. The Labute approximate surface area is 145 Å². The van der Waals surface area contributed by atoms with Gasteiger partial charge in [-0.2, -0.15) is 0 Å². The maximum atomic E-state index is 6.24. The summed E-state index contributed by atoms with van der Waals surface area (Å²) < 4.78 is 6.01. The molecule has 0 saturated heterocycles. The van der Waals surface area contributed by atoms with Gasteiger partial charge in [-0.1, -0.05) is 42.5 Å². The van der Waals surface area contributed by atoms with Crippen LogP contribution in [0, 0.1) is 13.8 Å². The number of rotatable bonds is 7. The van der Waals surface area contributed by atoms with Crippen molar-refractivity contribution in [3.63, 3.8) is 0 Å². The third-order valence-corrected chi connectivity index (χ3v) is 3.86. The first-order valence-corrected chi connectivity index (χ1v) is 7.85.